The topological polar surface area (TPSA) is 55.1 Å². The van der Waals surface area contributed by atoms with E-state index in [1.165, 1.54) is 0 Å². The minimum atomic E-state index is -0.389. The van der Waals surface area contributed by atoms with Crippen LogP contribution in [0.4, 0.5) is 11.7 Å². The summed E-state index contributed by atoms with van der Waals surface area (Å²) in [5.41, 5.74) is 1.10. The van der Waals surface area contributed by atoms with Crippen molar-refractivity contribution in [1.29, 1.82) is 0 Å². The van der Waals surface area contributed by atoms with Crippen LogP contribution in [0.5, 0.6) is 0 Å². The highest BCUT2D eigenvalue weighted by molar-refractivity contribution is 7.98. The number of rotatable bonds is 3. The number of fused-ring (bicyclic) bond motifs is 1. The molecular formula is C15H12N2O2S. The fourth-order valence-electron chi connectivity index (χ4n) is 1.94. The van der Waals surface area contributed by atoms with Crippen molar-refractivity contribution >= 4 is 34.4 Å². The molecular weight excluding hydrogens is 272 g/mol. The minimum absolute atomic E-state index is 0.204. The predicted molar refractivity (Wildman–Crippen MR) is 81.8 cm³/mol. The highest BCUT2D eigenvalue weighted by atomic mass is 32.2. The van der Waals surface area contributed by atoms with E-state index in [4.69, 9.17) is 4.42 Å². The van der Waals surface area contributed by atoms with E-state index in [0.29, 0.717) is 10.9 Å². The fraction of sp³-hybridized carbons (Fsp3) is 0.0667. The zero-order chi connectivity index (χ0) is 13.9. The van der Waals surface area contributed by atoms with E-state index in [0.717, 1.165) is 10.6 Å². The van der Waals surface area contributed by atoms with Crippen LogP contribution in [0, 0.1) is 0 Å². The van der Waals surface area contributed by atoms with Crippen LogP contribution in [0.2, 0.25) is 0 Å². The van der Waals surface area contributed by atoms with Crippen molar-refractivity contribution in [1.82, 2.24) is 4.98 Å². The quantitative estimate of drug-likeness (QED) is 0.744. The predicted octanol–water partition coefficient (Wildman–Crippen LogP) is 3.65. The van der Waals surface area contributed by atoms with Gasteiger partial charge in [0.25, 0.3) is 0 Å². The van der Waals surface area contributed by atoms with Gasteiger partial charge in [0.2, 0.25) is 0 Å². The van der Waals surface area contributed by atoms with Crippen LogP contribution in [0.15, 0.2) is 62.6 Å². The van der Waals surface area contributed by atoms with Gasteiger partial charge in [0, 0.05) is 4.90 Å². The molecule has 0 aliphatic carbocycles. The average Bonchev–Trinajstić information content (AvgIpc) is 2.48. The van der Waals surface area contributed by atoms with E-state index in [2.05, 4.69) is 10.3 Å². The largest absolute Gasteiger partial charge is 0.388 e. The van der Waals surface area contributed by atoms with E-state index in [1.54, 1.807) is 30.0 Å². The Hall–Kier alpha value is -2.27. The Labute approximate surface area is 119 Å². The number of thioether (sulfide) groups is 1. The maximum atomic E-state index is 11.9. The molecule has 5 heteroatoms. The summed E-state index contributed by atoms with van der Waals surface area (Å²) in [7, 11) is 0. The molecule has 1 aromatic heterocycles. The van der Waals surface area contributed by atoms with Crippen LogP contribution in [0.1, 0.15) is 0 Å². The molecule has 0 saturated carbocycles. The first-order chi connectivity index (χ1) is 9.78. The van der Waals surface area contributed by atoms with Gasteiger partial charge in [0.15, 0.2) is 0 Å². The second kappa shape index (κ2) is 5.38. The summed E-state index contributed by atoms with van der Waals surface area (Å²) in [4.78, 5) is 17.3. The van der Waals surface area contributed by atoms with Gasteiger partial charge in [-0.1, -0.05) is 24.3 Å². The molecule has 0 spiro atoms. The van der Waals surface area contributed by atoms with E-state index in [-0.39, 0.29) is 11.6 Å². The van der Waals surface area contributed by atoms with Crippen molar-refractivity contribution in [3.63, 3.8) is 0 Å². The monoisotopic (exact) mass is 284 g/mol. The number of nitrogens with one attached hydrogen (secondary N) is 1. The minimum Gasteiger partial charge on any atom is -0.388 e. The molecule has 0 amide bonds. The number of nitrogens with zero attached hydrogens (tertiary/aromatic N) is 1. The Morgan fingerprint density at radius 1 is 1.10 bits per heavy atom. The summed E-state index contributed by atoms with van der Waals surface area (Å²) < 4.78 is 5.21. The van der Waals surface area contributed by atoms with Crippen LogP contribution in [0.25, 0.3) is 10.9 Å². The lowest BCUT2D eigenvalue weighted by Crippen LogP contribution is -2.05. The molecule has 3 rings (SSSR count). The Balaban J connectivity index is 2.05. The Bertz CT molecular complexity index is 814. The van der Waals surface area contributed by atoms with Crippen molar-refractivity contribution in [3.05, 3.63) is 59.0 Å². The Morgan fingerprint density at radius 3 is 2.70 bits per heavy atom. The van der Waals surface area contributed by atoms with Gasteiger partial charge < -0.3 is 9.73 Å². The average molecular weight is 284 g/mol. The first-order valence-corrected chi connectivity index (χ1v) is 7.30. The van der Waals surface area contributed by atoms with Crippen LogP contribution in [-0.2, 0) is 0 Å². The van der Waals surface area contributed by atoms with Crippen LogP contribution < -0.4 is 10.9 Å². The molecule has 0 saturated heterocycles. The van der Waals surface area contributed by atoms with Crippen molar-refractivity contribution in [2.24, 2.45) is 0 Å². The summed E-state index contributed by atoms with van der Waals surface area (Å²) >= 11 is 1.61. The highest BCUT2D eigenvalue weighted by Crippen LogP contribution is 2.27. The zero-order valence-electron chi connectivity index (χ0n) is 10.8. The van der Waals surface area contributed by atoms with Crippen molar-refractivity contribution in [2.45, 2.75) is 4.90 Å². The van der Waals surface area contributed by atoms with Gasteiger partial charge in [-0.05, 0) is 30.5 Å². The van der Waals surface area contributed by atoms with Crippen LogP contribution >= 0.6 is 11.8 Å². The van der Waals surface area contributed by atoms with Gasteiger partial charge >= 0.3 is 11.6 Å². The molecule has 0 aliphatic rings. The maximum Gasteiger partial charge on any atom is 0.348 e. The first-order valence-electron chi connectivity index (χ1n) is 6.08. The fourth-order valence-corrected chi connectivity index (χ4v) is 2.49. The van der Waals surface area contributed by atoms with E-state index in [9.17, 15) is 4.79 Å². The number of benzene rings is 2. The third-order valence-corrected chi connectivity index (χ3v) is 3.68. The molecule has 4 nitrogen and oxygen atoms in total. The van der Waals surface area contributed by atoms with Crippen molar-refractivity contribution in [3.8, 4) is 0 Å². The maximum absolute atomic E-state index is 11.9. The van der Waals surface area contributed by atoms with Gasteiger partial charge in [-0.3, -0.25) is 0 Å². The highest BCUT2D eigenvalue weighted by Gasteiger charge is 2.07. The van der Waals surface area contributed by atoms with E-state index in [1.807, 2.05) is 36.6 Å². The SMILES string of the molecule is CSc1ccccc1Nc1nc2ccccc2c(=O)o1. The number of aromatic nitrogens is 1. The molecule has 0 atom stereocenters. The summed E-state index contributed by atoms with van der Waals surface area (Å²) in [6.45, 7) is 0. The Kier molecular flexibility index (Phi) is 3.43. The summed E-state index contributed by atoms with van der Waals surface area (Å²) in [6, 6.07) is 15.1. The standard InChI is InChI=1S/C15H12N2O2S/c1-20-13-9-5-4-8-12(13)17-15-16-11-7-3-2-6-10(11)14(18)19-15/h2-9H,1H3,(H,16,17). The van der Waals surface area contributed by atoms with E-state index >= 15 is 0 Å². The zero-order valence-corrected chi connectivity index (χ0v) is 11.6. The van der Waals surface area contributed by atoms with Crippen molar-refractivity contribution in [2.75, 3.05) is 11.6 Å². The lowest BCUT2D eigenvalue weighted by atomic mass is 10.2. The number of anilines is 2. The second-order valence-corrected chi connectivity index (χ2v) is 5.00. The molecule has 1 heterocycles. The third kappa shape index (κ3) is 2.40. The first kappa shape index (κ1) is 12.7. The van der Waals surface area contributed by atoms with Gasteiger partial charge in [0.05, 0.1) is 16.6 Å². The Morgan fingerprint density at radius 2 is 1.85 bits per heavy atom. The molecule has 2 aromatic carbocycles. The summed E-state index contributed by atoms with van der Waals surface area (Å²) in [5.74, 6) is 0. The van der Waals surface area contributed by atoms with Gasteiger partial charge in [-0.25, -0.2) is 4.79 Å². The second-order valence-electron chi connectivity index (χ2n) is 4.15. The summed E-state index contributed by atoms with van der Waals surface area (Å²) in [6.07, 6.45) is 1.99. The lowest BCUT2D eigenvalue weighted by Gasteiger charge is -2.08. The number of hydrogen-bond acceptors (Lipinski definition) is 5. The molecule has 0 bridgehead atoms. The molecule has 0 fully saturated rings. The van der Waals surface area contributed by atoms with Crippen molar-refractivity contribution < 1.29 is 4.42 Å². The summed E-state index contributed by atoms with van der Waals surface area (Å²) in [5, 5.41) is 3.54. The normalized spacial score (nSPS) is 10.7. The van der Waals surface area contributed by atoms with E-state index < -0.39 is 0 Å². The molecule has 1 N–H and O–H groups in total. The van der Waals surface area contributed by atoms with Crippen LogP contribution in [-0.4, -0.2) is 11.2 Å². The van der Waals surface area contributed by atoms with Gasteiger partial charge in [-0.15, -0.1) is 11.8 Å². The molecule has 3 aromatic rings. The lowest BCUT2D eigenvalue weighted by molar-refractivity contribution is 0.522. The number of hydrogen-bond donors (Lipinski definition) is 1. The smallest absolute Gasteiger partial charge is 0.348 e. The van der Waals surface area contributed by atoms with Gasteiger partial charge in [0.1, 0.15) is 0 Å². The third-order valence-electron chi connectivity index (χ3n) is 2.88. The molecule has 20 heavy (non-hydrogen) atoms. The molecule has 100 valence electrons. The molecule has 0 unspecified atom stereocenters. The molecule has 0 radical (unpaired) electrons. The molecule has 0 aliphatic heterocycles. The van der Waals surface area contributed by atoms with Crippen LogP contribution in [0.3, 0.4) is 0 Å². The number of para-hydroxylation sites is 2. The van der Waals surface area contributed by atoms with Gasteiger partial charge in [-0.2, -0.15) is 4.98 Å².